The zero-order valence-electron chi connectivity index (χ0n) is 10.3. The second-order valence-corrected chi connectivity index (χ2v) is 4.59. The number of hydrogen-bond donors (Lipinski definition) is 2. The lowest BCUT2D eigenvalue weighted by Crippen LogP contribution is -1.94. The molecule has 0 fully saturated rings. The highest BCUT2D eigenvalue weighted by molar-refractivity contribution is 5.99. The van der Waals surface area contributed by atoms with Gasteiger partial charge in [-0.1, -0.05) is 13.8 Å². The molecule has 3 rings (SSSR count). The summed E-state index contributed by atoms with van der Waals surface area (Å²) in [5, 5.41) is 7.64. The van der Waals surface area contributed by atoms with Gasteiger partial charge in [-0.15, -0.1) is 0 Å². The molecule has 92 valence electrons. The number of hydrogen-bond acceptors (Lipinski definition) is 4. The molecule has 0 aliphatic heterocycles. The van der Waals surface area contributed by atoms with Crippen LogP contribution in [0.3, 0.4) is 0 Å². The maximum atomic E-state index is 5.97. The van der Waals surface area contributed by atoms with E-state index in [4.69, 9.17) is 10.2 Å². The molecular weight excluding hydrogens is 228 g/mol. The van der Waals surface area contributed by atoms with Crippen LogP contribution in [0.1, 0.15) is 25.3 Å². The number of furan rings is 1. The van der Waals surface area contributed by atoms with Gasteiger partial charge in [0.25, 0.3) is 0 Å². The maximum Gasteiger partial charge on any atom is 0.147 e. The first-order valence-electron chi connectivity index (χ1n) is 5.83. The van der Waals surface area contributed by atoms with Gasteiger partial charge in [0.2, 0.25) is 0 Å². The van der Waals surface area contributed by atoms with Gasteiger partial charge in [-0.2, -0.15) is 5.10 Å². The summed E-state index contributed by atoms with van der Waals surface area (Å²) in [6.07, 6.45) is 7.03. The van der Waals surface area contributed by atoms with Crippen LogP contribution in [0.25, 0.3) is 22.1 Å². The van der Waals surface area contributed by atoms with Crippen LogP contribution in [0.4, 0.5) is 5.82 Å². The minimum atomic E-state index is 0.343. The number of aromatic amines is 1. The van der Waals surface area contributed by atoms with Gasteiger partial charge < -0.3 is 10.2 Å². The smallest absolute Gasteiger partial charge is 0.147 e. The van der Waals surface area contributed by atoms with Gasteiger partial charge in [0.15, 0.2) is 0 Å². The Hall–Kier alpha value is -2.30. The van der Waals surface area contributed by atoms with E-state index in [0.29, 0.717) is 11.7 Å². The zero-order valence-corrected chi connectivity index (χ0v) is 10.3. The van der Waals surface area contributed by atoms with Gasteiger partial charge >= 0.3 is 0 Å². The predicted molar refractivity (Wildman–Crippen MR) is 70.1 cm³/mol. The molecule has 5 heteroatoms. The highest BCUT2D eigenvalue weighted by Gasteiger charge is 2.17. The average molecular weight is 242 g/mol. The summed E-state index contributed by atoms with van der Waals surface area (Å²) in [4.78, 5) is 4.25. The molecule has 0 saturated heterocycles. The summed E-state index contributed by atoms with van der Waals surface area (Å²) in [5.41, 5.74) is 9.67. The summed E-state index contributed by atoms with van der Waals surface area (Å²) in [5.74, 6) is 0.852. The van der Waals surface area contributed by atoms with E-state index in [-0.39, 0.29) is 0 Å². The number of nitrogens with zero attached hydrogens (tertiary/aromatic N) is 2. The molecule has 0 spiro atoms. The predicted octanol–water partition coefficient (Wildman–Crippen LogP) is 2.92. The van der Waals surface area contributed by atoms with Crippen molar-refractivity contribution in [3.63, 3.8) is 0 Å². The topological polar surface area (TPSA) is 80.7 Å². The monoisotopic (exact) mass is 242 g/mol. The molecule has 3 heterocycles. The summed E-state index contributed by atoms with van der Waals surface area (Å²) in [6, 6.07) is 0. The number of nitrogens with two attached hydrogens (primary N) is 1. The third-order valence-corrected chi connectivity index (χ3v) is 3.08. The van der Waals surface area contributed by atoms with E-state index in [2.05, 4.69) is 29.0 Å². The molecule has 3 aromatic rings. The molecule has 18 heavy (non-hydrogen) atoms. The van der Waals surface area contributed by atoms with E-state index in [9.17, 15) is 0 Å². The lowest BCUT2D eigenvalue weighted by atomic mass is 10.0. The number of H-pyrrole nitrogens is 1. The molecule has 0 amide bonds. The molecule has 0 saturated carbocycles. The Morgan fingerprint density at radius 2 is 2.17 bits per heavy atom. The molecule has 0 radical (unpaired) electrons. The quantitative estimate of drug-likeness (QED) is 0.724. The molecule has 0 atom stereocenters. The van der Waals surface area contributed by atoms with E-state index in [0.717, 1.165) is 27.7 Å². The molecule has 0 aliphatic carbocycles. The third-order valence-electron chi connectivity index (χ3n) is 3.08. The number of nitrogen functional groups attached to an aromatic ring is 1. The lowest BCUT2D eigenvalue weighted by Gasteiger charge is -2.04. The Morgan fingerprint density at radius 1 is 1.33 bits per heavy atom. The molecule has 0 unspecified atom stereocenters. The summed E-state index contributed by atoms with van der Waals surface area (Å²) in [7, 11) is 0. The van der Waals surface area contributed by atoms with Crippen molar-refractivity contribution < 1.29 is 4.42 Å². The number of rotatable bonds is 2. The van der Waals surface area contributed by atoms with Gasteiger partial charge in [-0.3, -0.25) is 5.10 Å². The van der Waals surface area contributed by atoms with Crippen molar-refractivity contribution in [1.82, 2.24) is 15.2 Å². The van der Waals surface area contributed by atoms with Crippen LogP contribution in [0.2, 0.25) is 0 Å². The average Bonchev–Trinajstić information content (AvgIpc) is 2.98. The van der Waals surface area contributed by atoms with E-state index in [1.54, 1.807) is 18.7 Å². The van der Waals surface area contributed by atoms with Gasteiger partial charge in [-0.25, -0.2) is 4.98 Å². The second-order valence-electron chi connectivity index (χ2n) is 4.59. The summed E-state index contributed by atoms with van der Waals surface area (Å²) in [6.45, 7) is 4.21. The number of anilines is 1. The van der Waals surface area contributed by atoms with Crippen molar-refractivity contribution in [3.8, 4) is 11.1 Å². The van der Waals surface area contributed by atoms with E-state index < -0.39 is 0 Å². The van der Waals surface area contributed by atoms with Crippen molar-refractivity contribution in [2.75, 3.05) is 5.73 Å². The van der Waals surface area contributed by atoms with Crippen LogP contribution in [0.15, 0.2) is 29.3 Å². The number of aromatic nitrogens is 3. The first-order valence-corrected chi connectivity index (χ1v) is 5.83. The van der Waals surface area contributed by atoms with E-state index >= 15 is 0 Å². The maximum absolute atomic E-state index is 5.97. The van der Waals surface area contributed by atoms with Crippen LogP contribution in [-0.2, 0) is 0 Å². The molecule has 0 aromatic carbocycles. The normalized spacial score (nSPS) is 11.5. The third kappa shape index (κ3) is 1.48. The second kappa shape index (κ2) is 3.87. The Kier molecular flexibility index (Phi) is 2.33. The van der Waals surface area contributed by atoms with Crippen molar-refractivity contribution in [2.45, 2.75) is 19.8 Å². The Morgan fingerprint density at radius 3 is 2.83 bits per heavy atom. The number of pyridine rings is 1. The first kappa shape index (κ1) is 10.8. The molecular formula is C13H14N4O. The fourth-order valence-corrected chi connectivity index (χ4v) is 2.12. The molecule has 5 nitrogen and oxygen atoms in total. The zero-order chi connectivity index (χ0) is 12.7. The van der Waals surface area contributed by atoms with Gasteiger partial charge in [-0.05, 0) is 5.92 Å². The van der Waals surface area contributed by atoms with Gasteiger partial charge in [0, 0.05) is 29.1 Å². The van der Waals surface area contributed by atoms with Gasteiger partial charge in [0.1, 0.15) is 11.4 Å². The van der Waals surface area contributed by atoms with Crippen molar-refractivity contribution in [3.05, 3.63) is 30.4 Å². The standard InChI is InChI=1S/C13H14N4O/c1-7(2)10-6-18-12-9(8-3-16-17-4-8)5-15-13(14)11(10)12/h3-7H,1-2H3,(H2,14,15)(H,16,17). The van der Waals surface area contributed by atoms with Crippen molar-refractivity contribution in [1.29, 1.82) is 0 Å². The fourth-order valence-electron chi connectivity index (χ4n) is 2.12. The van der Waals surface area contributed by atoms with Crippen molar-refractivity contribution in [2.24, 2.45) is 0 Å². The van der Waals surface area contributed by atoms with Crippen LogP contribution < -0.4 is 5.73 Å². The molecule has 0 aliphatic rings. The molecule has 0 bridgehead atoms. The lowest BCUT2D eigenvalue weighted by molar-refractivity contribution is 0.607. The Bertz CT molecular complexity index is 682. The number of fused-ring (bicyclic) bond motifs is 1. The van der Waals surface area contributed by atoms with E-state index in [1.165, 1.54) is 0 Å². The molecule has 3 N–H and O–H groups in total. The minimum Gasteiger partial charge on any atom is -0.463 e. The highest BCUT2D eigenvalue weighted by Crippen LogP contribution is 2.36. The van der Waals surface area contributed by atoms with Crippen LogP contribution >= 0.6 is 0 Å². The van der Waals surface area contributed by atoms with Crippen LogP contribution in [0.5, 0.6) is 0 Å². The molecule has 3 aromatic heterocycles. The SMILES string of the molecule is CC(C)c1coc2c(-c3cn[nH]c3)cnc(N)c12. The summed E-state index contributed by atoms with van der Waals surface area (Å²) >= 11 is 0. The summed E-state index contributed by atoms with van der Waals surface area (Å²) < 4.78 is 5.68. The van der Waals surface area contributed by atoms with Crippen LogP contribution in [-0.4, -0.2) is 15.2 Å². The van der Waals surface area contributed by atoms with E-state index in [1.807, 2.05) is 6.20 Å². The highest BCUT2D eigenvalue weighted by atomic mass is 16.3. The Balaban J connectivity index is 2.34. The van der Waals surface area contributed by atoms with Crippen LogP contribution in [0, 0.1) is 0 Å². The first-order chi connectivity index (χ1) is 8.68. The minimum absolute atomic E-state index is 0.343. The van der Waals surface area contributed by atoms with Gasteiger partial charge in [0.05, 0.1) is 17.8 Å². The largest absolute Gasteiger partial charge is 0.463 e. The fraction of sp³-hybridized carbons (Fsp3) is 0.231. The number of nitrogens with one attached hydrogen (secondary N) is 1. The Labute approximate surface area is 104 Å². The van der Waals surface area contributed by atoms with Crippen molar-refractivity contribution >= 4 is 16.8 Å².